The standard InChI is InChI=1S/C17H14ClN2S/c1-12(20-15-10-6-5-9-14(15)18)17-16(19-11-21-17)13-7-3-2-4-8-13/h2-12,20H,1H2. The van der Waals surface area contributed by atoms with Crippen molar-refractivity contribution in [3.8, 4) is 11.3 Å². The summed E-state index contributed by atoms with van der Waals surface area (Å²) in [6.45, 7) is 4.20. The second kappa shape index (κ2) is 6.29. The molecule has 21 heavy (non-hydrogen) atoms. The molecule has 2 nitrogen and oxygen atoms in total. The van der Waals surface area contributed by atoms with Gasteiger partial charge in [0.05, 0.1) is 32.8 Å². The zero-order valence-electron chi connectivity index (χ0n) is 11.3. The van der Waals surface area contributed by atoms with Gasteiger partial charge in [-0.05, 0) is 19.1 Å². The molecule has 3 rings (SSSR count). The summed E-state index contributed by atoms with van der Waals surface area (Å²) in [5.41, 5.74) is 4.81. The summed E-state index contributed by atoms with van der Waals surface area (Å²) in [7, 11) is 0. The van der Waals surface area contributed by atoms with Gasteiger partial charge in [0.25, 0.3) is 0 Å². The van der Waals surface area contributed by atoms with E-state index < -0.39 is 0 Å². The lowest BCUT2D eigenvalue weighted by atomic mass is 10.1. The number of halogens is 1. The van der Waals surface area contributed by atoms with Gasteiger partial charge in [-0.25, -0.2) is 4.98 Å². The normalized spacial score (nSPS) is 12.1. The highest BCUT2D eigenvalue weighted by Crippen LogP contribution is 2.33. The fourth-order valence-corrected chi connectivity index (χ4v) is 3.11. The number of hydrogen-bond acceptors (Lipinski definition) is 3. The molecule has 1 unspecified atom stereocenters. The Balaban J connectivity index is 1.88. The molecule has 3 aromatic rings. The maximum Gasteiger partial charge on any atom is 0.0864 e. The third-order valence-electron chi connectivity index (χ3n) is 3.16. The highest BCUT2D eigenvalue weighted by atomic mass is 35.5. The van der Waals surface area contributed by atoms with Crippen molar-refractivity contribution < 1.29 is 0 Å². The van der Waals surface area contributed by atoms with Gasteiger partial charge in [-0.2, -0.15) is 0 Å². The van der Waals surface area contributed by atoms with E-state index in [1.54, 1.807) is 11.3 Å². The van der Waals surface area contributed by atoms with Crippen LogP contribution in [0.1, 0.15) is 10.9 Å². The van der Waals surface area contributed by atoms with Crippen molar-refractivity contribution in [1.29, 1.82) is 0 Å². The van der Waals surface area contributed by atoms with E-state index in [9.17, 15) is 0 Å². The van der Waals surface area contributed by atoms with E-state index in [0.717, 1.165) is 21.8 Å². The molecular formula is C17H14ClN2S. The SMILES string of the molecule is [CH2]C(Nc1ccccc1Cl)c1scnc1-c1ccccc1. The molecule has 0 saturated carbocycles. The van der Waals surface area contributed by atoms with Crippen molar-refractivity contribution in [3.63, 3.8) is 0 Å². The molecule has 2 aromatic carbocycles. The summed E-state index contributed by atoms with van der Waals surface area (Å²) in [5, 5.41) is 4.04. The van der Waals surface area contributed by atoms with Crippen LogP contribution >= 0.6 is 22.9 Å². The molecule has 1 aromatic heterocycles. The monoisotopic (exact) mass is 313 g/mol. The molecule has 0 aliphatic carbocycles. The summed E-state index contributed by atoms with van der Waals surface area (Å²) in [4.78, 5) is 5.58. The molecule has 0 aliphatic rings. The van der Waals surface area contributed by atoms with Crippen molar-refractivity contribution in [3.05, 3.63) is 76.9 Å². The van der Waals surface area contributed by atoms with E-state index in [1.165, 1.54) is 0 Å². The van der Waals surface area contributed by atoms with Crippen molar-refractivity contribution in [2.24, 2.45) is 0 Å². The van der Waals surface area contributed by atoms with Crippen LogP contribution in [0.5, 0.6) is 0 Å². The number of anilines is 1. The van der Waals surface area contributed by atoms with Gasteiger partial charge < -0.3 is 5.32 Å². The van der Waals surface area contributed by atoms with Gasteiger partial charge in [0, 0.05) is 5.56 Å². The van der Waals surface area contributed by atoms with Gasteiger partial charge in [-0.15, -0.1) is 11.3 Å². The Morgan fingerprint density at radius 1 is 1.05 bits per heavy atom. The van der Waals surface area contributed by atoms with Gasteiger partial charge in [0.15, 0.2) is 0 Å². The summed E-state index contributed by atoms with van der Waals surface area (Å²) < 4.78 is 0. The molecule has 4 heteroatoms. The molecule has 1 radical (unpaired) electrons. The Bertz CT molecular complexity index is 724. The fourth-order valence-electron chi connectivity index (χ4n) is 2.15. The first-order valence-corrected chi connectivity index (χ1v) is 7.84. The van der Waals surface area contributed by atoms with Crippen LogP contribution in [0.3, 0.4) is 0 Å². The minimum atomic E-state index is -0.104. The van der Waals surface area contributed by atoms with Gasteiger partial charge in [0.1, 0.15) is 0 Å². The molecular weight excluding hydrogens is 300 g/mol. The molecule has 0 saturated heterocycles. The molecule has 105 valence electrons. The molecule has 0 amide bonds. The van der Waals surface area contributed by atoms with Crippen LogP contribution < -0.4 is 5.32 Å². The first-order valence-electron chi connectivity index (χ1n) is 6.58. The number of para-hydroxylation sites is 1. The van der Waals surface area contributed by atoms with E-state index in [1.807, 2.05) is 48.0 Å². The predicted molar refractivity (Wildman–Crippen MR) is 90.7 cm³/mol. The van der Waals surface area contributed by atoms with Gasteiger partial charge in [-0.1, -0.05) is 54.1 Å². The van der Waals surface area contributed by atoms with Crippen molar-refractivity contribution in [1.82, 2.24) is 4.98 Å². The van der Waals surface area contributed by atoms with Gasteiger partial charge >= 0.3 is 0 Å². The molecule has 1 N–H and O–H groups in total. The predicted octanol–water partition coefficient (Wildman–Crippen LogP) is 5.45. The maximum absolute atomic E-state index is 6.18. The summed E-state index contributed by atoms with van der Waals surface area (Å²) in [6.07, 6.45) is 0. The molecule has 1 atom stereocenters. The van der Waals surface area contributed by atoms with Crippen molar-refractivity contribution in [2.75, 3.05) is 5.32 Å². The molecule has 0 bridgehead atoms. The number of nitrogens with one attached hydrogen (secondary N) is 1. The van der Waals surface area contributed by atoms with Crippen LogP contribution in [0.25, 0.3) is 11.3 Å². The van der Waals surface area contributed by atoms with E-state index in [2.05, 4.69) is 29.4 Å². The number of thiazole rings is 1. The number of rotatable bonds is 4. The van der Waals surface area contributed by atoms with E-state index in [0.29, 0.717) is 5.02 Å². The largest absolute Gasteiger partial charge is 0.376 e. The number of hydrogen-bond donors (Lipinski definition) is 1. The van der Waals surface area contributed by atoms with Crippen LogP contribution in [0.15, 0.2) is 60.1 Å². The lowest BCUT2D eigenvalue weighted by Crippen LogP contribution is -2.07. The second-order valence-corrected chi connectivity index (χ2v) is 5.90. The zero-order valence-corrected chi connectivity index (χ0v) is 12.9. The Kier molecular flexibility index (Phi) is 4.23. The highest BCUT2D eigenvalue weighted by Gasteiger charge is 2.15. The van der Waals surface area contributed by atoms with Gasteiger partial charge in [-0.3, -0.25) is 0 Å². The lowest BCUT2D eigenvalue weighted by Gasteiger charge is -2.16. The summed E-state index contributed by atoms with van der Waals surface area (Å²) >= 11 is 7.78. The first kappa shape index (κ1) is 14.1. The Hall–Kier alpha value is -1.84. The van der Waals surface area contributed by atoms with Crippen LogP contribution in [-0.4, -0.2) is 4.98 Å². The molecule has 0 fully saturated rings. The third-order valence-corrected chi connectivity index (χ3v) is 4.43. The molecule has 0 aliphatic heterocycles. The van der Waals surface area contributed by atoms with Crippen LogP contribution in [0.2, 0.25) is 5.02 Å². The quantitative estimate of drug-likeness (QED) is 0.692. The first-order chi connectivity index (χ1) is 10.3. The third kappa shape index (κ3) is 3.09. The van der Waals surface area contributed by atoms with E-state index in [-0.39, 0.29) is 6.04 Å². The van der Waals surface area contributed by atoms with Crippen LogP contribution in [0.4, 0.5) is 5.69 Å². The fraction of sp³-hybridized carbons (Fsp3) is 0.0588. The smallest absolute Gasteiger partial charge is 0.0864 e. The average molecular weight is 314 g/mol. The Labute approximate surface area is 133 Å². The van der Waals surface area contributed by atoms with E-state index >= 15 is 0 Å². The van der Waals surface area contributed by atoms with Gasteiger partial charge in [0.2, 0.25) is 0 Å². The van der Waals surface area contributed by atoms with Crippen LogP contribution in [0, 0.1) is 6.92 Å². The maximum atomic E-state index is 6.18. The second-order valence-electron chi connectivity index (χ2n) is 4.61. The minimum Gasteiger partial charge on any atom is -0.376 e. The van der Waals surface area contributed by atoms with Crippen molar-refractivity contribution in [2.45, 2.75) is 6.04 Å². The van der Waals surface area contributed by atoms with E-state index in [4.69, 9.17) is 11.6 Å². The summed E-state index contributed by atoms with van der Waals surface area (Å²) in [5.74, 6) is 0. The Morgan fingerprint density at radius 2 is 1.76 bits per heavy atom. The van der Waals surface area contributed by atoms with Crippen molar-refractivity contribution >= 4 is 28.6 Å². The number of nitrogens with zero attached hydrogens (tertiary/aromatic N) is 1. The summed E-state index contributed by atoms with van der Waals surface area (Å²) in [6, 6.07) is 17.7. The minimum absolute atomic E-state index is 0.104. The van der Waals surface area contributed by atoms with Crippen LogP contribution in [-0.2, 0) is 0 Å². The average Bonchev–Trinajstić information content (AvgIpc) is 3.00. The highest BCUT2D eigenvalue weighted by molar-refractivity contribution is 7.10. The molecule has 1 heterocycles. The Morgan fingerprint density at radius 3 is 2.52 bits per heavy atom. The molecule has 0 spiro atoms. The zero-order chi connectivity index (χ0) is 14.7. The topological polar surface area (TPSA) is 24.9 Å². The lowest BCUT2D eigenvalue weighted by molar-refractivity contribution is 1.01. The number of benzene rings is 2. The number of aromatic nitrogens is 1.